The molecule has 1 aromatic rings. The third-order valence-electron chi connectivity index (χ3n) is 3.71. The van der Waals surface area contributed by atoms with E-state index in [4.69, 9.17) is 4.74 Å². The van der Waals surface area contributed by atoms with E-state index in [9.17, 15) is 4.79 Å². The molecular formula is C15H24N4O2. The summed E-state index contributed by atoms with van der Waals surface area (Å²) in [5, 5.41) is 3.16. The Morgan fingerprint density at radius 1 is 1.43 bits per heavy atom. The summed E-state index contributed by atoms with van der Waals surface area (Å²) in [4.78, 5) is 22.8. The van der Waals surface area contributed by atoms with Gasteiger partial charge in [0.2, 0.25) is 0 Å². The number of anilines is 1. The monoisotopic (exact) mass is 292 g/mol. The van der Waals surface area contributed by atoms with E-state index in [-0.39, 0.29) is 5.91 Å². The van der Waals surface area contributed by atoms with Crippen molar-refractivity contribution in [2.75, 3.05) is 38.7 Å². The van der Waals surface area contributed by atoms with Crippen molar-refractivity contribution in [2.24, 2.45) is 5.92 Å². The Morgan fingerprint density at radius 3 is 2.86 bits per heavy atom. The number of aromatic nitrogens is 2. The average Bonchev–Trinajstić information content (AvgIpc) is 2.53. The van der Waals surface area contributed by atoms with Crippen molar-refractivity contribution in [2.45, 2.75) is 26.2 Å². The molecule has 2 rings (SSSR count). The molecule has 1 fully saturated rings. The van der Waals surface area contributed by atoms with Crippen LogP contribution in [0.5, 0.6) is 0 Å². The molecule has 0 radical (unpaired) electrons. The first-order valence-corrected chi connectivity index (χ1v) is 7.58. The number of ether oxygens (including phenoxy) is 1. The number of hydrogen-bond donors (Lipinski definition) is 1. The standard InChI is InChI=1S/C15H24N4O2/c1-3-6-17-14-10-16-9-13(18-14)15(20)19-7-4-12(5-8-19)11-21-2/h9-10,12H,3-8,11H2,1-2H3,(H,17,18). The number of nitrogens with zero attached hydrogens (tertiary/aromatic N) is 3. The van der Waals surface area contributed by atoms with Crippen LogP contribution in [0.1, 0.15) is 36.7 Å². The maximum absolute atomic E-state index is 12.5. The van der Waals surface area contributed by atoms with Crippen LogP contribution < -0.4 is 5.32 Å². The summed E-state index contributed by atoms with van der Waals surface area (Å²) in [6.45, 7) is 5.22. The summed E-state index contributed by atoms with van der Waals surface area (Å²) in [7, 11) is 1.72. The molecular weight excluding hydrogens is 268 g/mol. The Morgan fingerprint density at radius 2 is 2.19 bits per heavy atom. The van der Waals surface area contributed by atoms with Crippen molar-refractivity contribution < 1.29 is 9.53 Å². The Balaban J connectivity index is 1.94. The molecule has 1 N–H and O–H groups in total. The van der Waals surface area contributed by atoms with Crippen molar-refractivity contribution in [1.29, 1.82) is 0 Å². The summed E-state index contributed by atoms with van der Waals surface area (Å²) >= 11 is 0. The number of nitrogens with one attached hydrogen (secondary N) is 1. The summed E-state index contributed by atoms with van der Waals surface area (Å²) in [5.41, 5.74) is 0.418. The molecule has 0 aliphatic carbocycles. The molecule has 1 saturated heterocycles. The van der Waals surface area contributed by atoms with Crippen molar-refractivity contribution >= 4 is 11.7 Å². The molecule has 21 heavy (non-hydrogen) atoms. The number of hydrogen-bond acceptors (Lipinski definition) is 5. The van der Waals surface area contributed by atoms with Crippen LogP contribution in [0, 0.1) is 5.92 Å². The summed E-state index contributed by atoms with van der Waals surface area (Å²) < 4.78 is 5.18. The molecule has 1 amide bonds. The zero-order valence-electron chi connectivity index (χ0n) is 12.8. The van der Waals surface area contributed by atoms with Crippen LogP contribution in [-0.4, -0.2) is 54.1 Å². The molecule has 6 nitrogen and oxygen atoms in total. The number of likely N-dealkylation sites (tertiary alicyclic amines) is 1. The maximum Gasteiger partial charge on any atom is 0.274 e. The first-order valence-electron chi connectivity index (χ1n) is 7.58. The molecule has 0 spiro atoms. The maximum atomic E-state index is 12.5. The van der Waals surface area contributed by atoms with Crippen molar-refractivity contribution in [3.8, 4) is 0 Å². The van der Waals surface area contributed by atoms with E-state index < -0.39 is 0 Å². The molecule has 0 saturated carbocycles. The highest BCUT2D eigenvalue weighted by atomic mass is 16.5. The molecule has 2 heterocycles. The fourth-order valence-electron chi connectivity index (χ4n) is 2.51. The van der Waals surface area contributed by atoms with Crippen LogP contribution in [0.15, 0.2) is 12.4 Å². The number of carbonyl (C=O) groups excluding carboxylic acids is 1. The Bertz CT molecular complexity index is 459. The number of amides is 1. The van der Waals surface area contributed by atoms with Gasteiger partial charge in [0.05, 0.1) is 12.4 Å². The van der Waals surface area contributed by atoms with E-state index in [0.717, 1.165) is 45.5 Å². The lowest BCUT2D eigenvalue weighted by Crippen LogP contribution is -2.39. The number of carbonyl (C=O) groups is 1. The minimum Gasteiger partial charge on any atom is -0.384 e. The smallest absolute Gasteiger partial charge is 0.274 e. The molecule has 0 bridgehead atoms. The lowest BCUT2D eigenvalue weighted by molar-refractivity contribution is 0.0608. The second-order valence-electron chi connectivity index (χ2n) is 5.41. The van der Waals surface area contributed by atoms with Crippen LogP contribution in [0.3, 0.4) is 0 Å². The highest BCUT2D eigenvalue weighted by Crippen LogP contribution is 2.19. The minimum atomic E-state index is -0.0292. The van der Waals surface area contributed by atoms with Gasteiger partial charge in [-0.15, -0.1) is 0 Å². The summed E-state index contributed by atoms with van der Waals surface area (Å²) in [6, 6.07) is 0. The SMILES string of the molecule is CCCNc1cncc(C(=O)N2CCC(COC)CC2)n1. The van der Waals surface area contributed by atoms with Crippen LogP contribution >= 0.6 is 0 Å². The fraction of sp³-hybridized carbons (Fsp3) is 0.667. The van der Waals surface area contributed by atoms with Gasteiger partial charge in [0, 0.05) is 33.4 Å². The molecule has 0 unspecified atom stereocenters. The first kappa shape index (κ1) is 15.7. The predicted octanol–water partition coefficient (Wildman–Crippen LogP) is 1.80. The largest absolute Gasteiger partial charge is 0.384 e. The van der Waals surface area contributed by atoms with Gasteiger partial charge in [0.1, 0.15) is 11.5 Å². The first-order chi connectivity index (χ1) is 10.2. The van der Waals surface area contributed by atoms with Crippen LogP contribution in [0.25, 0.3) is 0 Å². The van der Waals surface area contributed by atoms with Gasteiger partial charge < -0.3 is 15.0 Å². The van der Waals surface area contributed by atoms with Gasteiger partial charge in [-0.25, -0.2) is 4.98 Å². The van der Waals surface area contributed by atoms with E-state index in [1.807, 2.05) is 4.90 Å². The number of piperidine rings is 1. The summed E-state index contributed by atoms with van der Waals surface area (Å²) in [6.07, 6.45) is 6.17. The van der Waals surface area contributed by atoms with Crippen molar-refractivity contribution in [1.82, 2.24) is 14.9 Å². The second-order valence-corrected chi connectivity index (χ2v) is 5.41. The highest BCUT2D eigenvalue weighted by molar-refractivity contribution is 5.92. The highest BCUT2D eigenvalue weighted by Gasteiger charge is 2.24. The Hall–Kier alpha value is -1.69. The Kier molecular flexibility index (Phi) is 5.92. The molecule has 1 aromatic heterocycles. The van der Waals surface area contributed by atoms with Gasteiger partial charge in [-0.1, -0.05) is 6.92 Å². The molecule has 1 aliphatic rings. The predicted molar refractivity (Wildman–Crippen MR) is 81.3 cm³/mol. The fourth-order valence-corrected chi connectivity index (χ4v) is 2.51. The van der Waals surface area contributed by atoms with Gasteiger partial charge >= 0.3 is 0 Å². The quantitative estimate of drug-likeness (QED) is 0.866. The van der Waals surface area contributed by atoms with E-state index in [1.54, 1.807) is 19.5 Å². The van der Waals surface area contributed by atoms with E-state index in [1.165, 1.54) is 0 Å². The van der Waals surface area contributed by atoms with Crippen LogP contribution in [0.2, 0.25) is 0 Å². The van der Waals surface area contributed by atoms with E-state index >= 15 is 0 Å². The van der Waals surface area contributed by atoms with Gasteiger partial charge in [-0.3, -0.25) is 9.78 Å². The van der Waals surface area contributed by atoms with Crippen molar-refractivity contribution in [3.63, 3.8) is 0 Å². The van der Waals surface area contributed by atoms with E-state index in [0.29, 0.717) is 17.4 Å². The third-order valence-corrected chi connectivity index (χ3v) is 3.71. The Labute approximate surface area is 125 Å². The molecule has 0 aromatic carbocycles. The normalized spacial score (nSPS) is 16.0. The third kappa shape index (κ3) is 4.39. The van der Waals surface area contributed by atoms with Gasteiger partial charge in [-0.2, -0.15) is 0 Å². The van der Waals surface area contributed by atoms with Crippen LogP contribution in [0.4, 0.5) is 5.82 Å². The number of methoxy groups -OCH3 is 1. The molecule has 116 valence electrons. The van der Waals surface area contributed by atoms with Gasteiger partial charge in [0.15, 0.2) is 0 Å². The molecule has 0 atom stereocenters. The molecule has 1 aliphatic heterocycles. The second kappa shape index (κ2) is 7.93. The lowest BCUT2D eigenvalue weighted by Gasteiger charge is -2.31. The van der Waals surface area contributed by atoms with Gasteiger partial charge in [0.25, 0.3) is 5.91 Å². The van der Waals surface area contributed by atoms with Crippen LogP contribution in [-0.2, 0) is 4.74 Å². The van der Waals surface area contributed by atoms with Crippen molar-refractivity contribution in [3.05, 3.63) is 18.1 Å². The topological polar surface area (TPSA) is 67.4 Å². The minimum absolute atomic E-state index is 0.0292. The molecule has 6 heteroatoms. The zero-order chi connectivity index (χ0) is 15.1. The van der Waals surface area contributed by atoms with E-state index in [2.05, 4.69) is 22.2 Å². The van der Waals surface area contributed by atoms with Gasteiger partial charge in [-0.05, 0) is 25.2 Å². The number of rotatable bonds is 6. The summed E-state index contributed by atoms with van der Waals surface area (Å²) in [5.74, 6) is 1.19. The lowest BCUT2D eigenvalue weighted by atomic mass is 9.97. The zero-order valence-corrected chi connectivity index (χ0v) is 12.8. The average molecular weight is 292 g/mol.